The quantitative estimate of drug-likeness (QED) is 0.816. The molecule has 2 amide bonds. The van der Waals surface area contributed by atoms with E-state index in [0.717, 1.165) is 42.9 Å². The Morgan fingerprint density at radius 2 is 1.69 bits per heavy atom. The minimum Gasteiger partial charge on any atom is -0.339 e. The second-order valence-corrected chi connectivity index (χ2v) is 7.48. The number of carbonyl (C=O) groups is 1. The van der Waals surface area contributed by atoms with Crippen molar-refractivity contribution in [1.82, 2.24) is 9.80 Å². The summed E-state index contributed by atoms with van der Waals surface area (Å²) in [7, 11) is 1.98. The maximum Gasteiger partial charge on any atom is 0.416 e. The van der Waals surface area contributed by atoms with E-state index in [1.54, 1.807) is 4.90 Å². The van der Waals surface area contributed by atoms with E-state index >= 15 is 0 Å². The molecule has 0 unspecified atom stereocenters. The molecular formula is C21H23F3N4O. The molecule has 2 aromatic carbocycles. The van der Waals surface area contributed by atoms with Crippen LogP contribution in [0.5, 0.6) is 0 Å². The Morgan fingerprint density at radius 1 is 0.966 bits per heavy atom. The van der Waals surface area contributed by atoms with Gasteiger partial charge in [0.15, 0.2) is 0 Å². The molecule has 2 heterocycles. The van der Waals surface area contributed by atoms with Gasteiger partial charge in [0.2, 0.25) is 0 Å². The fraction of sp³-hybridized carbons (Fsp3) is 0.381. The number of para-hydroxylation sites is 1. The largest absolute Gasteiger partial charge is 0.416 e. The van der Waals surface area contributed by atoms with Crippen molar-refractivity contribution in [2.75, 3.05) is 50.0 Å². The molecule has 29 heavy (non-hydrogen) atoms. The van der Waals surface area contributed by atoms with Gasteiger partial charge in [-0.05, 0) is 43.3 Å². The first-order valence-electron chi connectivity index (χ1n) is 9.64. The number of likely N-dealkylation sites (N-methyl/N-ethyl adjacent to an activating group) is 1. The first-order valence-corrected chi connectivity index (χ1v) is 9.64. The van der Waals surface area contributed by atoms with Gasteiger partial charge in [0.1, 0.15) is 0 Å². The maximum absolute atomic E-state index is 13.3. The molecule has 0 aromatic heterocycles. The van der Waals surface area contributed by atoms with Crippen LogP contribution in [-0.4, -0.2) is 55.6 Å². The number of anilines is 3. The Balaban J connectivity index is 1.66. The molecular weight excluding hydrogens is 381 g/mol. The van der Waals surface area contributed by atoms with Crippen LogP contribution in [0.4, 0.5) is 35.0 Å². The van der Waals surface area contributed by atoms with Crippen molar-refractivity contribution in [2.24, 2.45) is 0 Å². The van der Waals surface area contributed by atoms with Crippen LogP contribution in [0.1, 0.15) is 11.1 Å². The fourth-order valence-corrected chi connectivity index (χ4v) is 3.84. The van der Waals surface area contributed by atoms with Gasteiger partial charge >= 0.3 is 12.2 Å². The molecule has 1 saturated heterocycles. The summed E-state index contributed by atoms with van der Waals surface area (Å²) in [6.07, 6.45) is -3.67. The average molecular weight is 404 g/mol. The first-order chi connectivity index (χ1) is 13.8. The van der Waals surface area contributed by atoms with Crippen LogP contribution in [0, 0.1) is 0 Å². The van der Waals surface area contributed by atoms with Crippen LogP contribution in [0.2, 0.25) is 0 Å². The normalized spacial score (nSPS) is 17.4. The standard InChI is InChI=1S/C21H23F3N4O/c1-26-10-12-27(13-11-26)20(29)25-17-14-16(21(22,23)24)6-7-19(17)28-9-8-15-4-2-3-5-18(15)28/h2-7,14H,8-13H2,1H3,(H,25,29). The lowest BCUT2D eigenvalue weighted by atomic mass is 10.1. The van der Waals surface area contributed by atoms with Crippen molar-refractivity contribution < 1.29 is 18.0 Å². The van der Waals surface area contributed by atoms with Crippen LogP contribution < -0.4 is 10.2 Å². The van der Waals surface area contributed by atoms with Crippen LogP contribution in [0.3, 0.4) is 0 Å². The lowest BCUT2D eigenvalue weighted by Crippen LogP contribution is -2.48. The SMILES string of the molecule is CN1CCN(C(=O)Nc2cc(C(F)(F)F)ccc2N2CCc3ccccc32)CC1. The Kier molecular flexibility index (Phi) is 5.12. The van der Waals surface area contributed by atoms with Crippen molar-refractivity contribution in [3.63, 3.8) is 0 Å². The summed E-state index contributed by atoms with van der Waals surface area (Å²) in [5, 5.41) is 2.74. The highest BCUT2D eigenvalue weighted by atomic mass is 19.4. The molecule has 2 aromatic rings. The van der Waals surface area contributed by atoms with Crippen molar-refractivity contribution in [3.05, 3.63) is 53.6 Å². The molecule has 1 N–H and O–H groups in total. The van der Waals surface area contributed by atoms with Crippen molar-refractivity contribution in [1.29, 1.82) is 0 Å². The Bertz CT molecular complexity index is 907. The smallest absolute Gasteiger partial charge is 0.339 e. The number of carbonyl (C=O) groups excluding carboxylic acids is 1. The Labute approximate surface area is 167 Å². The number of benzene rings is 2. The van der Waals surface area contributed by atoms with Gasteiger partial charge < -0.3 is 20.0 Å². The van der Waals surface area contributed by atoms with Crippen molar-refractivity contribution >= 4 is 23.1 Å². The van der Waals surface area contributed by atoms with Crippen molar-refractivity contribution in [3.8, 4) is 0 Å². The summed E-state index contributed by atoms with van der Waals surface area (Å²) in [6, 6.07) is 11.0. The minimum atomic E-state index is -4.48. The maximum atomic E-state index is 13.3. The molecule has 8 heteroatoms. The van der Waals surface area contributed by atoms with Gasteiger partial charge in [0, 0.05) is 38.4 Å². The van der Waals surface area contributed by atoms with Gasteiger partial charge in [-0.25, -0.2) is 4.79 Å². The first kappa shape index (κ1) is 19.6. The fourth-order valence-electron chi connectivity index (χ4n) is 3.84. The van der Waals surface area contributed by atoms with Gasteiger partial charge in [-0.3, -0.25) is 0 Å². The minimum absolute atomic E-state index is 0.181. The molecule has 0 aliphatic carbocycles. The van der Waals surface area contributed by atoms with E-state index in [1.165, 1.54) is 6.07 Å². The molecule has 154 valence electrons. The lowest BCUT2D eigenvalue weighted by Gasteiger charge is -2.33. The molecule has 0 radical (unpaired) electrons. The summed E-state index contributed by atoms with van der Waals surface area (Å²) in [5.41, 5.74) is 2.08. The van der Waals surface area contributed by atoms with Crippen LogP contribution in [0.25, 0.3) is 0 Å². The van der Waals surface area contributed by atoms with E-state index in [4.69, 9.17) is 0 Å². The number of alkyl halides is 3. The van der Waals surface area contributed by atoms with E-state index in [2.05, 4.69) is 10.2 Å². The van der Waals surface area contributed by atoms with E-state index in [1.807, 2.05) is 36.2 Å². The molecule has 0 atom stereocenters. The molecule has 4 rings (SSSR count). The topological polar surface area (TPSA) is 38.8 Å². The van der Waals surface area contributed by atoms with Crippen LogP contribution in [0.15, 0.2) is 42.5 Å². The highest BCUT2D eigenvalue weighted by molar-refractivity contribution is 5.95. The Morgan fingerprint density at radius 3 is 2.41 bits per heavy atom. The number of nitrogens with zero attached hydrogens (tertiary/aromatic N) is 3. The number of rotatable bonds is 2. The number of halogens is 3. The van der Waals surface area contributed by atoms with Gasteiger partial charge in [-0.15, -0.1) is 0 Å². The van der Waals surface area contributed by atoms with E-state index in [-0.39, 0.29) is 11.7 Å². The summed E-state index contributed by atoms with van der Waals surface area (Å²) >= 11 is 0. The average Bonchev–Trinajstić information content (AvgIpc) is 3.12. The molecule has 2 aliphatic rings. The predicted molar refractivity (Wildman–Crippen MR) is 107 cm³/mol. The number of urea groups is 1. The number of hydrogen-bond acceptors (Lipinski definition) is 3. The number of nitrogens with one attached hydrogen (secondary N) is 1. The summed E-state index contributed by atoms with van der Waals surface area (Å²) in [5.74, 6) is 0. The lowest BCUT2D eigenvalue weighted by molar-refractivity contribution is -0.137. The molecule has 0 spiro atoms. The molecule has 5 nitrogen and oxygen atoms in total. The predicted octanol–water partition coefficient (Wildman–Crippen LogP) is 4.18. The van der Waals surface area contributed by atoms with Crippen LogP contribution in [-0.2, 0) is 12.6 Å². The summed E-state index contributed by atoms with van der Waals surface area (Å²) < 4.78 is 39.9. The van der Waals surface area contributed by atoms with E-state index in [9.17, 15) is 18.0 Å². The third-order valence-corrected chi connectivity index (χ3v) is 5.53. The highest BCUT2D eigenvalue weighted by Crippen LogP contribution is 2.41. The van der Waals surface area contributed by atoms with Gasteiger partial charge in [-0.1, -0.05) is 18.2 Å². The van der Waals surface area contributed by atoms with Crippen LogP contribution >= 0.6 is 0 Å². The Hall–Kier alpha value is -2.74. The van der Waals surface area contributed by atoms with Gasteiger partial charge in [0.05, 0.1) is 16.9 Å². The number of amides is 2. The third-order valence-electron chi connectivity index (χ3n) is 5.53. The van der Waals surface area contributed by atoms with E-state index < -0.39 is 11.7 Å². The number of piperazine rings is 1. The highest BCUT2D eigenvalue weighted by Gasteiger charge is 2.33. The summed E-state index contributed by atoms with van der Waals surface area (Å²) in [4.78, 5) is 18.5. The monoisotopic (exact) mass is 404 g/mol. The zero-order chi connectivity index (χ0) is 20.6. The second-order valence-electron chi connectivity index (χ2n) is 7.48. The molecule has 0 saturated carbocycles. The van der Waals surface area contributed by atoms with Gasteiger partial charge in [-0.2, -0.15) is 13.2 Å². The third kappa shape index (κ3) is 4.03. The van der Waals surface area contributed by atoms with Gasteiger partial charge in [0.25, 0.3) is 0 Å². The number of hydrogen-bond donors (Lipinski definition) is 1. The van der Waals surface area contributed by atoms with E-state index in [0.29, 0.717) is 25.3 Å². The number of fused-ring (bicyclic) bond motifs is 1. The van der Waals surface area contributed by atoms with Crippen molar-refractivity contribution in [2.45, 2.75) is 12.6 Å². The zero-order valence-electron chi connectivity index (χ0n) is 16.2. The molecule has 2 aliphatic heterocycles. The molecule has 0 bridgehead atoms. The molecule has 1 fully saturated rings. The summed E-state index contributed by atoms with van der Waals surface area (Å²) in [6.45, 7) is 3.22. The second kappa shape index (κ2) is 7.59. The zero-order valence-corrected chi connectivity index (χ0v) is 16.2.